The van der Waals surface area contributed by atoms with E-state index in [1.165, 1.54) is 0 Å². The highest BCUT2D eigenvalue weighted by Gasteiger charge is 2.18. The first kappa shape index (κ1) is 17.1. The third-order valence-corrected chi connectivity index (χ3v) is 4.47. The summed E-state index contributed by atoms with van der Waals surface area (Å²) in [5.74, 6) is -0.0913. The monoisotopic (exact) mass is 337 g/mol. The number of likely N-dealkylation sites (tertiary alicyclic amines) is 1. The summed E-state index contributed by atoms with van der Waals surface area (Å²) in [7, 11) is 0. The summed E-state index contributed by atoms with van der Waals surface area (Å²) in [5, 5.41) is 6.27. The van der Waals surface area contributed by atoms with Gasteiger partial charge >= 0.3 is 0 Å². The number of nitrogens with zero attached hydrogens (tertiary/aromatic N) is 2. The van der Waals surface area contributed by atoms with Crippen molar-refractivity contribution < 1.29 is 9.59 Å². The van der Waals surface area contributed by atoms with Gasteiger partial charge in [0.15, 0.2) is 0 Å². The highest BCUT2D eigenvalue weighted by atomic mass is 16.2. The second-order valence-corrected chi connectivity index (χ2v) is 6.46. The first-order valence-electron chi connectivity index (χ1n) is 8.70. The van der Waals surface area contributed by atoms with Crippen LogP contribution in [-0.2, 0) is 16.0 Å². The Morgan fingerprint density at radius 1 is 1.08 bits per heavy atom. The summed E-state index contributed by atoms with van der Waals surface area (Å²) in [5.41, 5.74) is 4.17. The van der Waals surface area contributed by atoms with Gasteiger partial charge in [-0.05, 0) is 36.1 Å². The summed E-state index contributed by atoms with van der Waals surface area (Å²) in [6, 6.07) is 13.9. The molecular formula is C20H23N3O2. The van der Waals surface area contributed by atoms with E-state index in [1.54, 1.807) is 6.92 Å². The van der Waals surface area contributed by atoms with Crippen LogP contribution in [0.2, 0.25) is 0 Å². The van der Waals surface area contributed by atoms with Gasteiger partial charge in [0.1, 0.15) is 0 Å². The number of hydrogen-bond acceptors (Lipinski definition) is 3. The first-order valence-corrected chi connectivity index (χ1v) is 8.70. The molecule has 0 saturated carbocycles. The van der Waals surface area contributed by atoms with Crippen LogP contribution in [0.4, 0.5) is 0 Å². The van der Waals surface area contributed by atoms with Crippen molar-refractivity contribution in [3.63, 3.8) is 0 Å². The lowest BCUT2D eigenvalue weighted by Crippen LogP contribution is -2.29. The molecule has 2 amide bonds. The molecule has 0 radical (unpaired) electrons. The van der Waals surface area contributed by atoms with E-state index < -0.39 is 0 Å². The third-order valence-electron chi connectivity index (χ3n) is 4.47. The minimum absolute atomic E-state index is 0.0852. The Labute approximate surface area is 147 Å². The molecule has 1 saturated heterocycles. The highest BCUT2D eigenvalue weighted by molar-refractivity contribution is 6.00. The number of benzene rings is 2. The van der Waals surface area contributed by atoms with E-state index in [9.17, 15) is 9.59 Å². The van der Waals surface area contributed by atoms with Gasteiger partial charge in [0.05, 0.1) is 12.8 Å². The Bertz CT molecular complexity index is 802. The van der Waals surface area contributed by atoms with Crippen LogP contribution < -0.4 is 5.43 Å². The average molecular weight is 337 g/mol. The molecule has 0 bridgehead atoms. The van der Waals surface area contributed by atoms with Gasteiger partial charge in [0.2, 0.25) is 11.8 Å². The molecule has 0 atom stereocenters. The van der Waals surface area contributed by atoms with E-state index in [0.717, 1.165) is 42.3 Å². The Hall–Kier alpha value is -2.69. The SMILES string of the molecule is C/C(CC(=O)N1CCCC1)=N\NC(=O)Cc1cccc2ccccc12. The number of carbonyl (C=O) groups is 2. The number of hydrogen-bond donors (Lipinski definition) is 1. The van der Waals surface area contributed by atoms with E-state index >= 15 is 0 Å². The molecule has 1 N–H and O–H groups in total. The molecular weight excluding hydrogens is 314 g/mol. The van der Waals surface area contributed by atoms with Crippen molar-refractivity contribution >= 4 is 28.3 Å². The van der Waals surface area contributed by atoms with Crippen LogP contribution >= 0.6 is 0 Å². The molecule has 3 rings (SSSR count). The van der Waals surface area contributed by atoms with Gasteiger partial charge in [0.25, 0.3) is 0 Å². The zero-order chi connectivity index (χ0) is 17.6. The number of carbonyl (C=O) groups excluding carboxylic acids is 2. The van der Waals surface area contributed by atoms with Gasteiger partial charge in [-0.2, -0.15) is 5.10 Å². The topological polar surface area (TPSA) is 61.8 Å². The lowest BCUT2D eigenvalue weighted by atomic mass is 10.0. The number of hydrazone groups is 1. The summed E-state index contributed by atoms with van der Waals surface area (Å²) < 4.78 is 0. The van der Waals surface area contributed by atoms with E-state index in [2.05, 4.69) is 10.5 Å². The van der Waals surface area contributed by atoms with Crippen LogP contribution in [0.3, 0.4) is 0 Å². The lowest BCUT2D eigenvalue weighted by molar-refractivity contribution is -0.128. The Morgan fingerprint density at radius 2 is 1.80 bits per heavy atom. The molecule has 1 aliphatic heterocycles. The van der Waals surface area contributed by atoms with Gasteiger partial charge in [-0.25, -0.2) is 5.43 Å². The number of fused-ring (bicyclic) bond motifs is 1. The van der Waals surface area contributed by atoms with Gasteiger partial charge in [0, 0.05) is 18.8 Å². The minimum Gasteiger partial charge on any atom is -0.342 e. The molecule has 25 heavy (non-hydrogen) atoms. The lowest BCUT2D eigenvalue weighted by Gasteiger charge is -2.14. The molecule has 130 valence electrons. The summed E-state index contributed by atoms with van der Waals surface area (Å²) in [6.07, 6.45) is 2.67. The Morgan fingerprint density at radius 3 is 2.60 bits per heavy atom. The summed E-state index contributed by atoms with van der Waals surface area (Å²) in [4.78, 5) is 26.1. The first-order chi connectivity index (χ1) is 12.1. The fraction of sp³-hybridized carbons (Fsp3) is 0.350. The second-order valence-electron chi connectivity index (χ2n) is 6.46. The molecule has 2 aromatic carbocycles. The molecule has 2 aromatic rings. The zero-order valence-corrected chi connectivity index (χ0v) is 14.5. The van der Waals surface area contributed by atoms with Crippen molar-refractivity contribution in [3.05, 3.63) is 48.0 Å². The van der Waals surface area contributed by atoms with Crippen LogP contribution in [0.15, 0.2) is 47.6 Å². The van der Waals surface area contributed by atoms with Crippen LogP contribution in [0.5, 0.6) is 0 Å². The molecule has 0 aromatic heterocycles. The van der Waals surface area contributed by atoms with Crippen molar-refractivity contribution in [3.8, 4) is 0 Å². The maximum absolute atomic E-state index is 12.2. The smallest absolute Gasteiger partial charge is 0.244 e. The molecule has 5 nitrogen and oxygen atoms in total. The zero-order valence-electron chi connectivity index (χ0n) is 14.5. The van der Waals surface area contributed by atoms with Crippen molar-refractivity contribution in [2.24, 2.45) is 5.10 Å². The molecule has 1 fully saturated rings. The van der Waals surface area contributed by atoms with Crippen LogP contribution in [-0.4, -0.2) is 35.5 Å². The third kappa shape index (κ3) is 4.44. The van der Waals surface area contributed by atoms with Crippen molar-refractivity contribution in [1.82, 2.24) is 10.3 Å². The Kier molecular flexibility index (Phi) is 5.43. The number of amides is 2. The van der Waals surface area contributed by atoms with Crippen LogP contribution in [0.25, 0.3) is 10.8 Å². The predicted octanol–water partition coefficient (Wildman–Crippen LogP) is 2.89. The van der Waals surface area contributed by atoms with Gasteiger partial charge < -0.3 is 4.90 Å². The molecule has 0 aliphatic carbocycles. The summed E-state index contributed by atoms with van der Waals surface area (Å²) >= 11 is 0. The average Bonchev–Trinajstić information content (AvgIpc) is 3.15. The largest absolute Gasteiger partial charge is 0.342 e. The van der Waals surface area contributed by atoms with E-state index in [1.807, 2.05) is 47.4 Å². The molecule has 1 heterocycles. The fourth-order valence-corrected chi connectivity index (χ4v) is 3.15. The van der Waals surface area contributed by atoms with Gasteiger partial charge in [-0.15, -0.1) is 0 Å². The normalized spacial score (nSPS) is 14.8. The predicted molar refractivity (Wildman–Crippen MR) is 99.3 cm³/mol. The number of nitrogens with one attached hydrogen (secondary N) is 1. The fourth-order valence-electron chi connectivity index (χ4n) is 3.15. The quantitative estimate of drug-likeness (QED) is 0.673. The maximum Gasteiger partial charge on any atom is 0.244 e. The van der Waals surface area contributed by atoms with Gasteiger partial charge in [-0.1, -0.05) is 42.5 Å². The van der Waals surface area contributed by atoms with Crippen molar-refractivity contribution in [1.29, 1.82) is 0 Å². The van der Waals surface area contributed by atoms with E-state index in [4.69, 9.17) is 0 Å². The van der Waals surface area contributed by atoms with Gasteiger partial charge in [-0.3, -0.25) is 9.59 Å². The highest BCUT2D eigenvalue weighted by Crippen LogP contribution is 2.18. The van der Waals surface area contributed by atoms with Crippen LogP contribution in [0.1, 0.15) is 31.7 Å². The maximum atomic E-state index is 12.2. The van der Waals surface area contributed by atoms with Crippen molar-refractivity contribution in [2.75, 3.05) is 13.1 Å². The van der Waals surface area contributed by atoms with Crippen LogP contribution in [0, 0.1) is 0 Å². The standard InChI is InChI=1S/C20H23N3O2/c1-15(13-20(25)23-11-4-5-12-23)21-22-19(24)14-17-9-6-8-16-7-2-3-10-18(16)17/h2-3,6-10H,4-5,11-14H2,1H3,(H,22,24)/b21-15+. The van der Waals surface area contributed by atoms with E-state index in [-0.39, 0.29) is 24.7 Å². The summed E-state index contributed by atoms with van der Waals surface area (Å²) in [6.45, 7) is 3.44. The minimum atomic E-state index is -0.177. The Balaban J connectivity index is 1.57. The number of rotatable bonds is 5. The molecule has 0 unspecified atom stereocenters. The van der Waals surface area contributed by atoms with Crippen molar-refractivity contribution in [2.45, 2.75) is 32.6 Å². The molecule has 5 heteroatoms. The molecule has 0 spiro atoms. The second kappa shape index (κ2) is 7.92. The molecule has 1 aliphatic rings. The van der Waals surface area contributed by atoms with E-state index in [0.29, 0.717) is 5.71 Å².